The van der Waals surface area contributed by atoms with Crippen LogP contribution in [0, 0.1) is 11.8 Å². The Labute approximate surface area is 262 Å². The minimum absolute atomic E-state index is 0.0883. The number of carbonyl (C=O) groups is 4. The van der Waals surface area contributed by atoms with E-state index in [1.807, 2.05) is 74.5 Å². The molecule has 5 N–H and O–H groups in total. The van der Waals surface area contributed by atoms with Crippen molar-refractivity contribution in [1.29, 1.82) is 0 Å². The Bertz CT molecular complexity index is 1230. The number of hydrogen-bond acceptors (Lipinski definition) is 6. The van der Waals surface area contributed by atoms with Crippen LogP contribution in [0.1, 0.15) is 71.4 Å². The first kappa shape index (κ1) is 34.9. The SMILES string of the molecule is CC(C)CC[C@H](NC(=O)[C@H](Cc1ccccc1)NC(=O)[C@H](CC(C)C)NC(=O)[C@@H](N)CCc1ccccc1)C(=O)[C@@]1(C)CO1. The predicted molar refractivity (Wildman–Crippen MR) is 172 cm³/mol. The lowest BCUT2D eigenvalue weighted by atomic mass is 9.93. The first-order valence-electron chi connectivity index (χ1n) is 15.8. The average Bonchev–Trinajstić information content (AvgIpc) is 3.75. The van der Waals surface area contributed by atoms with Gasteiger partial charge in [-0.15, -0.1) is 0 Å². The average molecular weight is 607 g/mol. The number of Topliss-reactive ketones (excluding diaryl/α,β-unsaturated/α-hetero) is 1. The summed E-state index contributed by atoms with van der Waals surface area (Å²) in [6, 6.07) is 15.8. The van der Waals surface area contributed by atoms with Gasteiger partial charge in [-0.3, -0.25) is 19.2 Å². The molecule has 44 heavy (non-hydrogen) atoms. The van der Waals surface area contributed by atoms with E-state index in [1.54, 1.807) is 6.92 Å². The minimum Gasteiger partial charge on any atom is -0.361 e. The number of benzene rings is 2. The Hall–Kier alpha value is -3.56. The second kappa shape index (κ2) is 16.5. The summed E-state index contributed by atoms with van der Waals surface area (Å²) in [5, 5.41) is 8.65. The molecule has 9 heteroatoms. The van der Waals surface area contributed by atoms with E-state index < -0.39 is 47.5 Å². The number of epoxide rings is 1. The Morgan fingerprint density at radius 3 is 1.80 bits per heavy atom. The van der Waals surface area contributed by atoms with Crippen molar-refractivity contribution in [3.8, 4) is 0 Å². The zero-order chi connectivity index (χ0) is 32.3. The largest absolute Gasteiger partial charge is 0.361 e. The van der Waals surface area contributed by atoms with Crippen LogP contribution in [0.5, 0.6) is 0 Å². The fourth-order valence-electron chi connectivity index (χ4n) is 5.07. The molecule has 1 aliphatic rings. The number of ether oxygens (including phenoxy) is 1. The van der Waals surface area contributed by atoms with Gasteiger partial charge in [0.2, 0.25) is 17.7 Å². The maximum atomic E-state index is 13.8. The smallest absolute Gasteiger partial charge is 0.243 e. The number of carbonyl (C=O) groups excluding carboxylic acids is 4. The van der Waals surface area contributed by atoms with Crippen LogP contribution in [-0.2, 0) is 36.8 Å². The summed E-state index contributed by atoms with van der Waals surface area (Å²) in [6.07, 6.45) is 2.87. The molecule has 0 aromatic heterocycles. The van der Waals surface area contributed by atoms with Gasteiger partial charge in [-0.05, 0) is 62.0 Å². The van der Waals surface area contributed by atoms with Gasteiger partial charge >= 0.3 is 0 Å². The highest BCUT2D eigenvalue weighted by molar-refractivity contribution is 5.98. The van der Waals surface area contributed by atoms with Crippen LogP contribution in [0.4, 0.5) is 0 Å². The maximum absolute atomic E-state index is 13.8. The first-order valence-corrected chi connectivity index (χ1v) is 15.8. The molecular formula is C35H50N4O5. The van der Waals surface area contributed by atoms with Crippen LogP contribution in [0.3, 0.4) is 0 Å². The molecule has 0 radical (unpaired) electrons. The third-order valence-corrected chi connectivity index (χ3v) is 7.94. The number of nitrogens with two attached hydrogens (primary N) is 1. The molecule has 3 rings (SSSR count). The molecular weight excluding hydrogens is 556 g/mol. The van der Waals surface area contributed by atoms with E-state index in [4.69, 9.17) is 10.5 Å². The van der Waals surface area contributed by atoms with E-state index in [0.29, 0.717) is 38.2 Å². The van der Waals surface area contributed by atoms with Gasteiger partial charge in [0.05, 0.1) is 18.7 Å². The fourth-order valence-corrected chi connectivity index (χ4v) is 5.07. The summed E-state index contributed by atoms with van der Waals surface area (Å²) in [7, 11) is 0. The van der Waals surface area contributed by atoms with Crippen molar-refractivity contribution < 1.29 is 23.9 Å². The molecule has 0 bridgehead atoms. The van der Waals surface area contributed by atoms with Gasteiger partial charge in [-0.1, -0.05) is 88.4 Å². The molecule has 1 aliphatic heterocycles. The standard InChI is InChI=1S/C35H50N4O5/c1-23(2)16-19-28(31(40)35(5)22-44-35)37-34(43)30(21-26-14-10-7-11-15-26)39-33(42)29(20-24(3)4)38-32(41)27(36)18-17-25-12-8-6-9-13-25/h6-15,23-24,27-30H,16-22,36H2,1-5H3,(H,37,43)(H,38,41)(H,39,42)/t27-,28-,29-,30-,35+/m0/s1. The summed E-state index contributed by atoms with van der Waals surface area (Å²) in [4.78, 5) is 53.8. The van der Waals surface area contributed by atoms with Crippen molar-refractivity contribution in [1.82, 2.24) is 16.0 Å². The zero-order valence-corrected chi connectivity index (χ0v) is 26.8. The molecule has 1 saturated heterocycles. The zero-order valence-electron chi connectivity index (χ0n) is 26.8. The summed E-state index contributed by atoms with van der Waals surface area (Å²) in [6.45, 7) is 10.1. The van der Waals surface area contributed by atoms with Gasteiger partial charge in [0.15, 0.2) is 5.78 Å². The van der Waals surface area contributed by atoms with E-state index in [9.17, 15) is 19.2 Å². The molecule has 2 aromatic rings. The minimum atomic E-state index is -0.967. The highest BCUT2D eigenvalue weighted by Crippen LogP contribution is 2.29. The van der Waals surface area contributed by atoms with Gasteiger partial charge in [-0.25, -0.2) is 0 Å². The molecule has 9 nitrogen and oxygen atoms in total. The van der Waals surface area contributed by atoms with Gasteiger partial charge in [0.1, 0.15) is 17.7 Å². The maximum Gasteiger partial charge on any atom is 0.243 e. The summed E-state index contributed by atoms with van der Waals surface area (Å²) in [5.41, 5.74) is 7.26. The van der Waals surface area contributed by atoms with Crippen LogP contribution < -0.4 is 21.7 Å². The lowest BCUT2D eigenvalue weighted by molar-refractivity contribution is -0.134. The van der Waals surface area contributed by atoms with E-state index in [2.05, 4.69) is 29.8 Å². The van der Waals surface area contributed by atoms with Crippen LogP contribution in [0.2, 0.25) is 0 Å². The van der Waals surface area contributed by atoms with E-state index in [0.717, 1.165) is 17.5 Å². The van der Waals surface area contributed by atoms with Crippen molar-refractivity contribution in [3.05, 3.63) is 71.8 Å². The van der Waals surface area contributed by atoms with Gasteiger partial charge < -0.3 is 26.4 Å². The monoisotopic (exact) mass is 606 g/mol. The number of nitrogens with one attached hydrogen (secondary N) is 3. The molecule has 1 fully saturated rings. The summed E-state index contributed by atoms with van der Waals surface area (Å²) >= 11 is 0. The van der Waals surface area contributed by atoms with Crippen molar-refractivity contribution in [2.45, 2.75) is 103 Å². The number of hydrogen-bond donors (Lipinski definition) is 4. The third-order valence-electron chi connectivity index (χ3n) is 7.94. The lowest BCUT2D eigenvalue weighted by Crippen LogP contribution is -2.58. The molecule has 240 valence electrons. The summed E-state index contributed by atoms with van der Waals surface area (Å²) < 4.78 is 5.39. The Balaban J connectivity index is 1.74. The second-order valence-corrected chi connectivity index (χ2v) is 13.0. The fraction of sp³-hybridized carbons (Fsp3) is 0.543. The molecule has 0 aliphatic carbocycles. The first-order chi connectivity index (χ1) is 20.9. The lowest BCUT2D eigenvalue weighted by Gasteiger charge is -2.27. The summed E-state index contributed by atoms with van der Waals surface area (Å²) in [5.74, 6) is -1.07. The Morgan fingerprint density at radius 2 is 1.25 bits per heavy atom. The van der Waals surface area contributed by atoms with Gasteiger partial charge in [0.25, 0.3) is 0 Å². The Kier molecular flexibility index (Phi) is 13.1. The third kappa shape index (κ3) is 11.2. The molecule has 0 spiro atoms. The topological polar surface area (TPSA) is 143 Å². The van der Waals surface area contributed by atoms with Crippen molar-refractivity contribution in [3.63, 3.8) is 0 Å². The highest BCUT2D eigenvalue weighted by atomic mass is 16.6. The van der Waals surface area contributed by atoms with Crippen LogP contribution in [-0.4, -0.2) is 59.9 Å². The van der Waals surface area contributed by atoms with Crippen LogP contribution in [0.25, 0.3) is 0 Å². The molecule has 0 saturated carbocycles. The molecule has 0 unspecified atom stereocenters. The number of ketones is 1. The molecule has 1 heterocycles. The molecule has 3 amide bonds. The van der Waals surface area contributed by atoms with Crippen LogP contribution >= 0.6 is 0 Å². The number of aryl methyl sites for hydroxylation is 1. The Morgan fingerprint density at radius 1 is 0.727 bits per heavy atom. The second-order valence-electron chi connectivity index (χ2n) is 13.0. The van der Waals surface area contributed by atoms with Gasteiger partial charge in [0, 0.05) is 6.42 Å². The van der Waals surface area contributed by atoms with E-state index in [1.165, 1.54) is 0 Å². The number of rotatable bonds is 18. The predicted octanol–water partition coefficient (Wildman–Crippen LogP) is 3.48. The number of amides is 3. The van der Waals surface area contributed by atoms with E-state index >= 15 is 0 Å². The normalized spacial score (nSPS) is 18.6. The van der Waals surface area contributed by atoms with Crippen LogP contribution in [0.15, 0.2) is 60.7 Å². The van der Waals surface area contributed by atoms with E-state index in [-0.39, 0.29) is 18.1 Å². The highest BCUT2D eigenvalue weighted by Gasteiger charge is 2.50. The quantitative estimate of drug-likeness (QED) is 0.191. The molecule has 5 atom stereocenters. The van der Waals surface area contributed by atoms with Crippen molar-refractivity contribution >= 4 is 23.5 Å². The molecule has 2 aromatic carbocycles. The van der Waals surface area contributed by atoms with Crippen molar-refractivity contribution in [2.24, 2.45) is 17.6 Å². The van der Waals surface area contributed by atoms with Crippen molar-refractivity contribution in [2.75, 3.05) is 6.61 Å². The van der Waals surface area contributed by atoms with Gasteiger partial charge in [-0.2, -0.15) is 0 Å².